The molecule has 1 aromatic rings. The first kappa shape index (κ1) is 15.9. The highest BCUT2D eigenvalue weighted by atomic mass is 32.2. The maximum Gasteiger partial charge on any atom is 0.281 e. The molecule has 0 amide bonds. The van der Waals surface area contributed by atoms with Crippen LogP contribution in [0.4, 0.5) is 0 Å². The minimum Gasteiger partial charge on any atom is -0.249 e. The molecule has 1 saturated heterocycles. The van der Waals surface area contributed by atoms with Gasteiger partial charge in [0.2, 0.25) is 0 Å². The Morgan fingerprint density at radius 1 is 1.45 bits per heavy atom. The van der Waals surface area contributed by atoms with Crippen LogP contribution in [0.1, 0.15) is 42.5 Å². The smallest absolute Gasteiger partial charge is 0.249 e. The standard InChI is InChI=1S/C13H23N3O2S2/c1-4-15(5-2)20(17,18)16-8-6-7-12(10-16)13-14-9-11(3)19-13/h9,12H,4-8,10H2,1-3H3/t12-/m1/s1. The molecule has 0 bridgehead atoms. The van der Waals surface area contributed by atoms with Gasteiger partial charge in [0.05, 0.1) is 5.01 Å². The summed E-state index contributed by atoms with van der Waals surface area (Å²) in [7, 11) is -3.31. The van der Waals surface area contributed by atoms with E-state index in [4.69, 9.17) is 0 Å². The van der Waals surface area contributed by atoms with Gasteiger partial charge in [0, 0.05) is 43.2 Å². The van der Waals surface area contributed by atoms with E-state index in [1.54, 1.807) is 15.6 Å². The Morgan fingerprint density at radius 2 is 2.15 bits per heavy atom. The zero-order chi connectivity index (χ0) is 14.8. The Bertz CT molecular complexity index is 538. The predicted octanol–water partition coefficient (Wildman–Crippen LogP) is 2.22. The fourth-order valence-corrected chi connectivity index (χ4v) is 5.23. The Hall–Kier alpha value is -0.500. The number of hydrogen-bond acceptors (Lipinski definition) is 4. The molecule has 0 radical (unpaired) electrons. The fraction of sp³-hybridized carbons (Fsp3) is 0.769. The SMILES string of the molecule is CCN(CC)S(=O)(=O)N1CCC[C@@H](c2ncc(C)s2)C1. The molecule has 114 valence electrons. The van der Waals surface area contributed by atoms with Gasteiger partial charge < -0.3 is 0 Å². The number of nitrogens with zero attached hydrogens (tertiary/aromatic N) is 3. The molecule has 2 heterocycles. The van der Waals surface area contributed by atoms with E-state index < -0.39 is 10.2 Å². The van der Waals surface area contributed by atoms with Gasteiger partial charge in [0.25, 0.3) is 10.2 Å². The maximum atomic E-state index is 12.6. The molecule has 2 rings (SSSR count). The van der Waals surface area contributed by atoms with Crippen LogP contribution < -0.4 is 0 Å². The van der Waals surface area contributed by atoms with Gasteiger partial charge >= 0.3 is 0 Å². The van der Waals surface area contributed by atoms with Gasteiger partial charge in [-0.2, -0.15) is 17.0 Å². The lowest BCUT2D eigenvalue weighted by molar-refractivity contribution is 0.287. The third kappa shape index (κ3) is 3.21. The predicted molar refractivity (Wildman–Crippen MR) is 82.2 cm³/mol. The molecule has 0 N–H and O–H groups in total. The van der Waals surface area contributed by atoms with Crippen LogP contribution in [0.3, 0.4) is 0 Å². The van der Waals surface area contributed by atoms with Gasteiger partial charge in [0.1, 0.15) is 0 Å². The summed E-state index contributed by atoms with van der Waals surface area (Å²) in [5.74, 6) is 0.243. The van der Waals surface area contributed by atoms with E-state index in [2.05, 4.69) is 4.98 Å². The van der Waals surface area contributed by atoms with Crippen molar-refractivity contribution >= 4 is 21.5 Å². The lowest BCUT2D eigenvalue weighted by Gasteiger charge is -2.34. The Morgan fingerprint density at radius 3 is 2.70 bits per heavy atom. The van der Waals surface area contributed by atoms with E-state index in [0.29, 0.717) is 26.2 Å². The first-order valence-electron chi connectivity index (χ1n) is 7.16. The molecule has 7 heteroatoms. The monoisotopic (exact) mass is 317 g/mol. The number of aromatic nitrogens is 1. The maximum absolute atomic E-state index is 12.6. The fourth-order valence-electron chi connectivity index (χ4n) is 2.63. The van der Waals surface area contributed by atoms with Crippen molar-refractivity contribution in [2.75, 3.05) is 26.2 Å². The number of piperidine rings is 1. The van der Waals surface area contributed by atoms with Crippen molar-refractivity contribution in [2.45, 2.75) is 39.5 Å². The summed E-state index contributed by atoms with van der Waals surface area (Å²) in [6.07, 6.45) is 3.80. The van der Waals surface area contributed by atoms with Gasteiger partial charge in [-0.05, 0) is 19.8 Å². The van der Waals surface area contributed by atoms with E-state index in [0.717, 1.165) is 17.8 Å². The minimum absolute atomic E-state index is 0.243. The average molecular weight is 317 g/mol. The van der Waals surface area contributed by atoms with Gasteiger partial charge in [-0.15, -0.1) is 11.3 Å². The van der Waals surface area contributed by atoms with Crippen LogP contribution in [0.25, 0.3) is 0 Å². The van der Waals surface area contributed by atoms with Crippen molar-refractivity contribution in [2.24, 2.45) is 0 Å². The van der Waals surface area contributed by atoms with E-state index in [9.17, 15) is 8.42 Å². The lowest BCUT2D eigenvalue weighted by atomic mass is 10.0. The molecule has 1 aliphatic heterocycles. The highest BCUT2D eigenvalue weighted by molar-refractivity contribution is 7.86. The quantitative estimate of drug-likeness (QED) is 0.837. The number of aryl methyl sites for hydroxylation is 1. The normalized spacial score (nSPS) is 21.5. The third-order valence-electron chi connectivity index (χ3n) is 3.73. The Kier molecular flexibility index (Phi) is 5.17. The average Bonchev–Trinajstić information content (AvgIpc) is 2.87. The summed E-state index contributed by atoms with van der Waals surface area (Å²) in [5, 5.41) is 1.07. The Balaban J connectivity index is 2.14. The van der Waals surface area contributed by atoms with Crippen molar-refractivity contribution < 1.29 is 8.42 Å². The second-order valence-electron chi connectivity index (χ2n) is 5.10. The number of thiazole rings is 1. The molecule has 5 nitrogen and oxygen atoms in total. The van der Waals surface area contributed by atoms with Crippen molar-refractivity contribution in [3.8, 4) is 0 Å². The van der Waals surface area contributed by atoms with Crippen molar-refractivity contribution in [3.05, 3.63) is 16.1 Å². The summed E-state index contributed by atoms with van der Waals surface area (Å²) in [5.41, 5.74) is 0. The van der Waals surface area contributed by atoms with Crippen LogP contribution in [-0.2, 0) is 10.2 Å². The molecule has 0 aromatic carbocycles. The summed E-state index contributed by atoms with van der Waals surface area (Å²) in [6.45, 7) is 8.03. The van der Waals surface area contributed by atoms with Gasteiger partial charge in [-0.25, -0.2) is 4.98 Å². The molecule has 1 aliphatic rings. The second kappa shape index (κ2) is 6.51. The van der Waals surface area contributed by atoms with E-state index in [1.807, 2.05) is 27.0 Å². The summed E-state index contributed by atoms with van der Waals surface area (Å²) >= 11 is 1.68. The second-order valence-corrected chi connectivity index (χ2v) is 8.29. The summed E-state index contributed by atoms with van der Waals surface area (Å²) in [4.78, 5) is 5.61. The van der Waals surface area contributed by atoms with Crippen LogP contribution >= 0.6 is 11.3 Å². The summed E-state index contributed by atoms with van der Waals surface area (Å²) < 4.78 is 28.3. The zero-order valence-corrected chi connectivity index (χ0v) is 14.0. The molecule has 0 spiro atoms. The molecule has 0 unspecified atom stereocenters. The van der Waals surface area contributed by atoms with Crippen molar-refractivity contribution in [1.82, 2.24) is 13.6 Å². The van der Waals surface area contributed by atoms with Crippen LogP contribution in [-0.4, -0.2) is 48.2 Å². The highest BCUT2D eigenvalue weighted by Crippen LogP contribution is 2.31. The molecule has 0 saturated carbocycles. The number of rotatable bonds is 5. The molecule has 1 fully saturated rings. The van der Waals surface area contributed by atoms with Gasteiger partial charge in [-0.1, -0.05) is 13.8 Å². The first-order valence-corrected chi connectivity index (χ1v) is 9.37. The molecule has 1 aromatic heterocycles. The largest absolute Gasteiger partial charge is 0.281 e. The van der Waals surface area contributed by atoms with Crippen molar-refractivity contribution in [3.63, 3.8) is 0 Å². The van der Waals surface area contributed by atoms with E-state index >= 15 is 0 Å². The van der Waals surface area contributed by atoms with Crippen LogP contribution in [0.5, 0.6) is 0 Å². The topological polar surface area (TPSA) is 53.5 Å². The van der Waals surface area contributed by atoms with E-state index in [-0.39, 0.29) is 5.92 Å². The highest BCUT2D eigenvalue weighted by Gasteiger charge is 2.33. The molecule has 0 aliphatic carbocycles. The molecular weight excluding hydrogens is 294 g/mol. The Labute approximate surface area is 125 Å². The lowest BCUT2D eigenvalue weighted by Crippen LogP contribution is -2.47. The molecular formula is C13H23N3O2S2. The van der Waals surface area contributed by atoms with Crippen LogP contribution in [0.15, 0.2) is 6.20 Å². The van der Waals surface area contributed by atoms with Crippen LogP contribution in [0.2, 0.25) is 0 Å². The third-order valence-corrected chi connectivity index (χ3v) is 6.96. The first-order chi connectivity index (χ1) is 9.48. The van der Waals surface area contributed by atoms with Gasteiger partial charge in [-0.3, -0.25) is 0 Å². The molecule has 20 heavy (non-hydrogen) atoms. The molecule has 1 atom stereocenters. The van der Waals surface area contributed by atoms with E-state index in [1.165, 1.54) is 9.18 Å². The minimum atomic E-state index is -3.31. The van der Waals surface area contributed by atoms with Gasteiger partial charge in [0.15, 0.2) is 0 Å². The van der Waals surface area contributed by atoms with Crippen LogP contribution in [0, 0.1) is 6.92 Å². The summed E-state index contributed by atoms with van der Waals surface area (Å²) in [6, 6.07) is 0. The number of hydrogen-bond donors (Lipinski definition) is 0. The van der Waals surface area contributed by atoms with Crippen molar-refractivity contribution in [1.29, 1.82) is 0 Å². The zero-order valence-electron chi connectivity index (χ0n) is 12.4.